The van der Waals surface area contributed by atoms with E-state index in [0.29, 0.717) is 0 Å². The molecule has 0 aromatic carbocycles. The second-order valence-electron chi connectivity index (χ2n) is 3.29. The van der Waals surface area contributed by atoms with E-state index in [1.54, 1.807) is 6.92 Å². The van der Waals surface area contributed by atoms with Crippen LogP contribution in [0.15, 0.2) is 23.3 Å². The molecular formula is C10H14O2. The first-order valence-corrected chi connectivity index (χ1v) is 4.21. The van der Waals surface area contributed by atoms with Crippen molar-refractivity contribution in [2.24, 2.45) is 5.92 Å². The number of hydrogen-bond donors (Lipinski definition) is 1. The molecule has 1 aliphatic carbocycles. The van der Waals surface area contributed by atoms with Crippen LogP contribution in [0.25, 0.3) is 0 Å². The van der Waals surface area contributed by atoms with E-state index in [2.05, 4.69) is 0 Å². The van der Waals surface area contributed by atoms with E-state index in [9.17, 15) is 4.79 Å². The van der Waals surface area contributed by atoms with Crippen molar-refractivity contribution >= 4 is 5.97 Å². The molecule has 0 heterocycles. The van der Waals surface area contributed by atoms with Gasteiger partial charge in [0, 0.05) is 0 Å². The first kappa shape index (κ1) is 9.04. The van der Waals surface area contributed by atoms with E-state index in [4.69, 9.17) is 5.11 Å². The highest BCUT2D eigenvalue weighted by Gasteiger charge is 2.16. The first-order valence-electron chi connectivity index (χ1n) is 4.21. The quantitative estimate of drug-likeness (QED) is 0.683. The maximum absolute atomic E-state index is 10.6. The van der Waals surface area contributed by atoms with Crippen LogP contribution in [0.3, 0.4) is 0 Å². The Kier molecular flexibility index (Phi) is 2.69. The molecule has 1 atom stereocenters. The fourth-order valence-corrected chi connectivity index (χ4v) is 1.33. The second kappa shape index (κ2) is 3.57. The highest BCUT2D eigenvalue weighted by molar-refractivity contribution is 5.74. The minimum Gasteiger partial charge on any atom is -0.481 e. The van der Waals surface area contributed by atoms with Crippen molar-refractivity contribution in [2.75, 3.05) is 0 Å². The van der Waals surface area contributed by atoms with Gasteiger partial charge in [-0.25, -0.2) is 0 Å². The molecule has 0 saturated heterocycles. The summed E-state index contributed by atoms with van der Waals surface area (Å²) in [5.41, 5.74) is 2.23. The lowest BCUT2D eigenvalue weighted by molar-refractivity contribution is -0.139. The van der Waals surface area contributed by atoms with Crippen molar-refractivity contribution in [1.29, 1.82) is 0 Å². The molecule has 0 amide bonds. The molecule has 1 N–H and O–H groups in total. The van der Waals surface area contributed by atoms with Crippen LogP contribution in [0.5, 0.6) is 0 Å². The standard InChI is InChI=1S/C10H14O2/c1-7-4-3-5-9(6-7)8(2)10(11)12/h5-6,8H,3-4H2,1-2H3,(H,11,12). The van der Waals surface area contributed by atoms with E-state index >= 15 is 0 Å². The van der Waals surface area contributed by atoms with Gasteiger partial charge in [-0.2, -0.15) is 0 Å². The van der Waals surface area contributed by atoms with Gasteiger partial charge in [-0.15, -0.1) is 0 Å². The molecule has 2 heteroatoms. The number of carboxylic acids is 1. The summed E-state index contributed by atoms with van der Waals surface area (Å²) in [4.78, 5) is 10.6. The summed E-state index contributed by atoms with van der Waals surface area (Å²) in [7, 11) is 0. The van der Waals surface area contributed by atoms with Gasteiger partial charge in [0.15, 0.2) is 0 Å². The molecule has 0 saturated carbocycles. The lowest BCUT2D eigenvalue weighted by Gasteiger charge is -2.13. The topological polar surface area (TPSA) is 37.3 Å². The SMILES string of the molecule is CC1=CC(C(C)C(=O)O)=CCC1. The lowest BCUT2D eigenvalue weighted by Crippen LogP contribution is -2.12. The summed E-state index contributed by atoms with van der Waals surface area (Å²) in [6.45, 7) is 3.77. The summed E-state index contributed by atoms with van der Waals surface area (Å²) in [6, 6.07) is 0. The van der Waals surface area contributed by atoms with Crippen molar-refractivity contribution in [3.8, 4) is 0 Å². The third-order valence-electron chi connectivity index (χ3n) is 2.20. The summed E-state index contributed by atoms with van der Waals surface area (Å²) in [6.07, 6.45) is 6.05. The van der Waals surface area contributed by atoms with Gasteiger partial charge in [0.25, 0.3) is 0 Å². The van der Waals surface area contributed by atoms with Crippen molar-refractivity contribution in [2.45, 2.75) is 26.7 Å². The molecule has 0 aromatic rings. The molecule has 66 valence electrons. The third kappa shape index (κ3) is 1.97. The van der Waals surface area contributed by atoms with Gasteiger partial charge in [0.2, 0.25) is 0 Å². The van der Waals surface area contributed by atoms with E-state index in [-0.39, 0.29) is 5.92 Å². The van der Waals surface area contributed by atoms with Crippen LogP contribution in [-0.2, 0) is 4.79 Å². The number of carboxylic acid groups (broad SMARTS) is 1. The monoisotopic (exact) mass is 166 g/mol. The van der Waals surface area contributed by atoms with Gasteiger partial charge < -0.3 is 5.11 Å². The van der Waals surface area contributed by atoms with Gasteiger partial charge in [-0.05, 0) is 32.3 Å². The summed E-state index contributed by atoms with van der Waals surface area (Å²) in [5.74, 6) is -1.10. The molecule has 1 unspecified atom stereocenters. The molecule has 0 aliphatic heterocycles. The van der Waals surface area contributed by atoms with Crippen LogP contribution >= 0.6 is 0 Å². The number of aliphatic carboxylic acids is 1. The number of hydrogen-bond acceptors (Lipinski definition) is 1. The molecule has 0 aromatic heterocycles. The van der Waals surface area contributed by atoms with E-state index in [1.165, 1.54) is 5.57 Å². The Labute approximate surface area is 72.6 Å². The smallest absolute Gasteiger partial charge is 0.310 e. The van der Waals surface area contributed by atoms with Crippen LogP contribution < -0.4 is 0 Å². The van der Waals surface area contributed by atoms with E-state index in [1.807, 2.05) is 19.1 Å². The van der Waals surface area contributed by atoms with Gasteiger partial charge in [-0.1, -0.05) is 17.7 Å². The molecule has 0 spiro atoms. The Morgan fingerprint density at radius 3 is 2.83 bits per heavy atom. The van der Waals surface area contributed by atoms with Crippen molar-refractivity contribution in [3.63, 3.8) is 0 Å². The van der Waals surface area contributed by atoms with E-state index in [0.717, 1.165) is 18.4 Å². The maximum atomic E-state index is 10.6. The largest absolute Gasteiger partial charge is 0.481 e. The van der Waals surface area contributed by atoms with Crippen molar-refractivity contribution in [3.05, 3.63) is 23.3 Å². The zero-order chi connectivity index (χ0) is 9.14. The van der Waals surface area contributed by atoms with Gasteiger partial charge >= 0.3 is 5.97 Å². The Hall–Kier alpha value is -1.05. The summed E-state index contributed by atoms with van der Waals surface area (Å²) in [5, 5.41) is 8.75. The minimum absolute atomic E-state index is 0.361. The van der Waals surface area contributed by atoms with Crippen molar-refractivity contribution < 1.29 is 9.90 Å². The molecule has 0 radical (unpaired) electrons. The molecule has 1 aliphatic rings. The number of carbonyl (C=O) groups is 1. The normalized spacial score (nSPS) is 19.5. The van der Waals surface area contributed by atoms with E-state index < -0.39 is 5.97 Å². The first-order chi connectivity index (χ1) is 5.61. The van der Waals surface area contributed by atoms with Crippen LogP contribution in [0.4, 0.5) is 0 Å². The molecule has 0 fully saturated rings. The zero-order valence-electron chi connectivity index (χ0n) is 7.50. The predicted molar refractivity (Wildman–Crippen MR) is 47.9 cm³/mol. The maximum Gasteiger partial charge on any atom is 0.310 e. The average molecular weight is 166 g/mol. The summed E-state index contributed by atoms with van der Waals surface area (Å²) < 4.78 is 0. The lowest BCUT2D eigenvalue weighted by atomic mass is 9.92. The van der Waals surface area contributed by atoms with Crippen LogP contribution in [0.1, 0.15) is 26.7 Å². The molecule has 0 bridgehead atoms. The summed E-state index contributed by atoms with van der Waals surface area (Å²) >= 11 is 0. The molecule has 12 heavy (non-hydrogen) atoms. The Morgan fingerprint density at radius 2 is 2.33 bits per heavy atom. The second-order valence-corrected chi connectivity index (χ2v) is 3.29. The Morgan fingerprint density at radius 1 is 1.67 bits per heavy atom. The van der Waals surface area contributed by atoms with Crippen LogP contribution in [-0.4, -0.2) is 11.1 Å². The van der Waals surface area contributed by atoms with Gasteiger partial charge in [-0.3, -0.25) is 4.79 Å². The Bertz CT molecular complexity index is 249. The molecular weight excluding hydrogens is 152 g/mol. The van der Waals surface area contributed by atoms with Crippen molar-refractivity contribution in [1.82, 2.24) is 0 Å². The fraction of sp³-hybridized carbons (Fsp3) is 0.500. The van der Waals surface area contributed by atoms with Gasteiger partial charge in [0.05, 0.1) is 5.92 Å². The molecule has 1 rings (SSSR count). The number of rotatable bonds is 2. The third-order valence-corrected chi connectivity index (χ3v) is 2.20. The zero-order valence-corrected chi connectivity index (χ0v) is 7.50. The molecule has 2 nitrogen and oxygen atoms in total. The highest BCUT2D eigenvalue weighted by Crippen LogP contribution is 2.22. The average Bonchev–Trinajstić information content (AvgIpc) is 2.03. The van der Waals surface area contributed by atoms with Gasteiger partial charge in [0.1, 0.15) is 0 Å². The fourth-order valence-electron chi connectivity index (χ4n) is 1.33. The predicted octanol–water partition coefficient (Wildman–Crippen LogP) is 2.37. The number of allylic oxidation sites excluding steroid dienone is 3. The Balaban J connectivity index is 2.76. The van der Waals surface area contributed by atoms with Crippen LogP contribution in [0.2, 0.25) is 0 Å². The minimum atomic E-state index is -0.743. The van der Waals surface area contributed by atoms with Crippen LogP contribution in [0, 0.1) is 5.92 Å². The highest BCUT2D eigenvalue weighted by atomic mass is 16.4.